The molecule has 1 N–H and O–H groups in total. The van der Waals surface area contributed by atoms with Crippen molar-refractivity contribution in [3.05, 3.63) is 24.3 Å². The zero-order valence-corrected chi connectivity index (χ0v) is 19.9. The van der Waals surface area contributed by atoms with E-state index in [0.29, 0.717) is 19.5 Å². The first-order chi connectivity index (χ1) is 16.0. The molecule has 1 spiro atoms. The van der Waals surface area contributed by atoms with Crippen molar-refractivity contribution in [2.45, 2.75) is 82.0 Å². The van der Waals surface area contributed by atoms with Crippen molar-refractivity contribution >= 4 is 11.8 Å². The number of carbonyl (C=O) groups is 2. The monoisotopic (exact) mass is 454 g/mol. The first-order valence-electron chi connectivity index (χ1n) is 12.8. The number of nitrogens with zero attached hydrogens (tertiary/aromatic N) is 5. The number of carbonyl (C=O) groups excluding carboxylic acids is 2. The Morgan fingerprint density at radius 1 is 1.12 bits per heavy atom. The van der Waals surface area contributed by atoms with E-state index in [0.717, 1.165) is 50.6 Å². The van der Waals surface area contributed by atoms with Gasteiger partial charge in [0.15, 0.2) is 0 Å². The summed E-state index contributed by atoms with van der Waals surface area (Å²) in [6.45, 7) is 4.16. The topological polar surface area (TPSA) is 81.7 Å². The summed E-state index contributed by atoms with van der Waals surface area (Å²) in [5, 5.41) is 3.34. The van der Waals surface area contributed by atoms with Crippen LogP contribution in [0, 0.1) is 5.92 Å². The van der Waals surface area contributed by atoms with Crippen molar-refractivity contribution in [2.75, 3.05) is 33.2 Å². The molecule has 0 bridgehead atoms. The summed E-state index contributed by atoms with van der Waals surface area (Å²) in [7, 11) is 2.18. The van der Waals surface area contributed by atoms with E-state index in [9.17, 15) is 9.59 Å². The lowest BCUT2D eigenvalue weighted by molar-refractivity contribution is -0.135. The van der Waals surface area contributed by atoms with Gasteiger partial charge in [-0.05, 0) is 51.1 Å². The fourth-order valence-electron chi connectivity index (χ4n) is 6.42. The molecule has 0 aromatic carbocycles. The van der Waals surface area contributed by atoms with Gasteiger partial charge >= 0.3 is 0 Å². The van der Waals surface area contributed by atoms with Gasteiger partial charge in [-0.25, -0.2) is 9.97 Å². The van der Waals surface area contributed by atoms with Gasteiger partial charge in [0.2, 0.25) is 11.8 Å². The van der Waals surface area contributed by atoms with Gasteiger partial charge in [0.05, 0.1) is 18.5 Å². The smallest absolute Gasteiger partial charge is 0.243 e. The van der Waals surface area contributed by atoms with Gasteiger partial charge in [0.25, 0.3) is 0 Å². The number of nitrogens with one attached hydrogen (secondary N) is 1. The van der Waals surface area contributed by atoms with Crippen LogP contribution in [0.2, 0.25) is 0 Å². The summed E-state index contributed by atoms with van der Waals surface area (Å²) in [4.78, 5) is 41.9. The van der Waals surface area contributed by atoms with Crippen LogP contribution in [0.1, 0.15) is 63.6 Å². The quantitative estimate of drug-likeness (QED) is 0.731. The van der Waals surface area contributed by atoms with E-state index < -0.39 is 5.54 Å². The van der Waals surface area contributed by atoms with Gasteiger partial charge < -0.3 is 15.1 Å². The van der Waals surface area contributed by atoms with Gasteiger partial charge in [0.1, 0.15) is 11.9 Å². The second kappa shape index (κ2) is 9.66. The van der Waals surface area contributed by atoms with E-state index in [1.807, 2.05) is 11.0 Å². The zero-order chi connectivity index (χ0) is 22.8. The number of aromatic nitrogens is 2. The fraction of sp³-hybridized carbons (Fsp3) is 0.760. The molecule has 4 fully saturated rings. The van der Waals surface area contributed by atoms with Crippen molar-refractivity contribution in [1.29, 1.82) is 0 Å². The third kappa shape index (κ3) is 5.06. The number of piperidine rings is 1. The first-order valence-corrected chi connectivity index (χ1v) is 12.8. The predicted octanol–water partition coefficient (Wildman–Crippen LogP) is 1.81. The van der Waals surface area contributed by atoms with Crippen LogP contribution in [0.5, 0.6) is 0 Å². The third-order valence-corrected chi connectivity index (χ3v) is 8.47. The van der Waals surface area contributed by atoms with Crippen molar-refractivity contribution in [3.8, 4) is 0 Å². The van der Waals surface area contributed by atoms with Crippen molar-refractivity contribution in [2.24, 2.45) is 5.92 Å². The third-order valence-electron chi connectivity index (χ3n) is 8.47. The molecule has 2 atom stereocenters. The Morgan fingerprint density at radius 2 is 1.85 bits per heavy atom. The summed E-state index contributed by atoms with van der Waals surface area (Å²) in [6.07, 6.45) is 13.0. The highest BCUT2D eigenvalue weighted by atomic mass is 16.2. The molecular formula is C25H38N6O2. The van der Waals surface area contributed by atoms with E-state index in [4.69, 9.17) is 0 Å². The van der Waals surface area contributed by atoms with Crippen molar-refractivity contribution in [1.82, 2.24) is 30.0 Å². The van der Waals surface area contributed by atoms with E-state index >= 15 is 0 Å². The Balaban J connectivity index is 1.18. The molecule has 0 radical (unpaired) electrons. The molecule has 0 unspecified atom stereocenters. The highest BCUT2D eigenvalue weighted by Crippen LogP contribution is 2.34. The van der Waals surface area contributed by atoms with Crippen LogP contribution in [-0.4, -0.2) is 87.3 Å². The molecule has 5 rings (SSSR count). The summed E-state index contributed by atoms with van der Waals surface area (Å²) in [5.41, 5.74) is -0.407. The SMILES string of the molecule is CN(CC1CCCCC1)[C@H]1C[C@H]2C(=O)NC3(CCN(Cc4ncccn4)CC3)CC(=O)N2C1. The molecule has 3 aliphatic heterocycles. The molecule has 180 valence electrons. The second-order valence-corrected chi connectivity index (χ2v) is 10.8. The largest absolute Gasteiger partial charge is 0.348 e. The van der Waals surface area contributed by atoms with Crippen LogP contribution in [0.25, 0.3) is 0 Å². The summed E-state index contributed by atoms with van der Waals surface area (Å²) in [5.74, 6) is 1.78. The molecule has 4 heterocycles. The normalized spacial score (nSPS) is 28.7. The van der Waals surface area contributed by atoms with Crippen LogP contribution in [0.4, 0.5) is 0 Å². The molecule has 1 aromatic heterocycles. The molecule has 1 aliphatic carbocycles. The van der Waals surface area contributed by atoms with Crippen molar-refractivity contribution < 1.29 is 9.59 Å². The number of rotatable bonds is 5. The Kier molecular flexibility index (Phi) is 6.65. The van der Waals surface area contributed by atoms with E-state index in [2.05, 4.69) is 32.1 Å². The standard InChI is InChI=1S/C25H38N6O2/c1-29(16-19-6-3-2-4-7-19)20-14-21-24(33)28-25(15-23(32)31(21)17-20)8-12-30(13-9-25)18-22-26-10-5-11-27-22/h5,10-11,19-21H,2-4,6-9,12-18H2,1H3,(H,28,33)/t20-,21-/m0/s1. The number of likely N-dealkylation sites (N-methyl/N-ethyl adjacent to an activating group) is 1. The van der Waals surface area contributed by atoms with Crippen LogP contribution >= 0.6 is 0 Å². The highest BCUT2D eigenvalue weighted by molar-refractivity contribution is 5.92. The maximum Gasteiger partial charge on any atom is 0.243 e. The van der Waals surface area contributed by atoms with Crippen LogP contribution in [0.15, 0.2) is 18.5 Å². The van der Waals surface area contributed by atoms with Gasteiger partial charge in [-0.15, -0.1) is 0 Å². The molecule has 4 aliphatic rings. The molecule has 2 amide bonds. The lowest BCUT2D eigenvalue weighted by atomic mass is 9.84. The fourth-order valence-corrected chi connectivity index (χ4v) is 6.42. The number of amides is 2. The van der Waals surface area contributed by atoms with Crippen molar-refractivity contribution in [3.63, 3.8) is 0 Å². The molecule has 8 heteroatoms. The Labute approximate surface area is 197 Å². The van der Waals surface area contributed by atoms with Crippen LogP contribution in [0.3, 0.4) is 0 Å². The molecule has 3 saturated heterocycles. The van der Waals surface area contributed by atoms with Gasteiger partial charge in [0, 0.05) is 44.6 Å². The number of likely N-dealkylation sites (tertiary alicyclic amines) is 1. The maximum atomic E-state index is 13.3. The minimum Gasteiger partial charge on any atom is -0.348 e. The number of hydrogen-bond acceptors (Lipinski definition) is 6. The number of hydrogen-bond donors (Lipinski definition) is 1. The summed E-state index contributed by atoms with van der Waals surface area (Å²) >= 11 is 0. The molecule has 33 heavy (non-hydrogen) atoms. The zero-order valence-electron chi connectivity index (χ0n) is 19.9. The minimum absolute atomic E-state index is 0.0502. The van der Waals surface area contributed by atoms with Gasteiger partial charge in [-0.2, -0.15) is 0 Å². The molecule has 1 aromatic rings. The summed E-state index contributed by atoms with van der Waals surface area (Å²) in [6, 6.07) is 1.80. The average Bonchev–Trinajstić information content (AvgIpc) is 3.25. The Morgan fingerprint density at radius 3 is 2.58 bits per heavy atom. The number of fused-ring (bicyclic) bond motifs is 1. The second-order valence-electron chi connectivity index (χ2n) is 10.8. The Hall–Kier alpha value is -2.06. The lowest BCUT2D eigenvalue weighted by Crippen LogP contribution is -2.56. The molecule has 8 nitrogen and oxygen atoms in total. The van der Waals surface area contributed by atoms with Gasteiger partial charge in [-0.1, -0.05) is 19.3 Å². The lowest BCUT2D eigenvalue weighted by Gasteiger charge is -2.41. The minimum atomic E-state index is -0.407. The maximum absolute atomic E-state index is 13.3. The molecule has 1 saturated carbocycles. The first kappa shape index (κ1) is 22.7. The highest BCUT2D eigenvalue weighted by Gasteiger charge is 2.49. The average molecular weight is 455 g/mol. The van der Waals surface area contributed by atoms with Gasteiger partial charge in [-0.3, -0.25) is 14.5 Å². The van der Waals surface area contributed by atoms with Crippen LogP contribution < -0.4 is 5.32 Å². The Bertz CT molecular complexity index is 807. The molecular weight excluding hydrogens is 416 g/mol. The van der Waals surface area contributed by atoms with Crippen LogP contribution in [-0.2, 0) is 16.1 Å². The van der Waals surface area contributed by atoms with E-state index in [1.54, 1.807) is 12.4 Å². The summed E-state index contributed by atoms with van der Waals surface area (Å²) < 4.78 is 0. The van der Waals surface area contributed by atoms with E-state index in [1.165, 1.54) is 32.1 Å². The van der Waals surface area contributed by atoms with E-state index in [-0.39, 0.29) is 23.9 Å². The predicted molar refractivity (Wildman–Crippen MR) is 125 cm³/mol.